The summed E-state index contributed by atoms with van der Waals surface area (Å²) in [4.78, 5) is 0. The van der Waals surface area contributed by atoms with Crippen molar-refractivity contribution < 1.29 is 9.47 Å². The van der Waals surface area contributed by atoms with Crippen LogP contribution in [0.25, 0.3) is 0 Å². The van der Waals surface area contributed by atoms with Crippen molar-refractivity contribution in [1.29, 1.82) is 0 Å². The summed E-state index contributed by atoms with van der Waals surface area (Å²) in [5.41, 5.74) is 2.67. The molecule has 0 aliphatic carbocycles. The molecule has 0 aromatic heterocycles. The number of piperidine rings is 1. The number of benzene rings is 1. The SMILES string of the molecule is CCc1c2c(cc(Br)c1C1CCCCN1)OCCCO2. The third-order valence-electron chi connectivity index (χ3n) is 4.14. The monoisotopic (exact) mass is 339 g/mol. The van der Waals surface area contributed by atoms with Crippen molar-refractivity contribution in [3.05, 3.63) is 21.7 Å². The largest absolute Gasteiger partial charge is 0.490 e. The van der Waals surface area contributed by atoms with Crippen molar-refractivity contribution in [2.24, 2.45) is 0 Å². The molecule has 20 heavy (non-hydrogen) atoms. The minimum Gasteiger partial charge on any atom is -0.490 e. The van der Waals surface area contributed by atoms with Gasteiger partial charge in [-0.25, -0.2) is 0 Å². The number of halogens is 1. The van der Waals surface area contributed by atoms with Crippen molar-refractivity contribution in [3.63, 3.8) is 0 Å². The number of hydrogen-bond acceptors (Lipinski definition) is 3. The van der Waals surface area contributed by atoms with Gasteiger partial charge in [-0.2, -0.15) is 0 Å². The van der Waals surface area contributed by atoms with Gasteiger partial charge < -0.3 is 14.8 Å². The standard InChI is InChI=1S/C16H22BrNO2/c1-2-11-15(13-6-3-4-7-18-13)12(17)10-14-16(11)20-9-5-8-19-14/h10,13,18H,2-9H2,1H3. The van der Waals surface area contributed by atoms with Gasteiger partial charge >= 0.3 is 0 Å². The lowest BCUT2D eigenvalue weighted by molar-refractivity contribution is 0.296. The van der Waals surface area contributed by atoms with Gasteiger partial charge in [0.25, 0.3) is 0 Å². The fourth-order valence-electron chi connectivity index (χ4n) is 3.18. The smallest absolute Gasteiger partial charge is 0.164 e. The van der Waals surface area contributed by atoms with Crippen LogP contribution in [0, 0.1) is 0 Å². The van der Waals surface area contributed by atoms with Crippen LogP contribution >= 0.6 is 15.9 Å². The van der Waals surface area contributed by atoms with Crippen LogP contribution < -0.4 is 14.8 Å². The quantitative estimate of drug-likeness (QED) is 0.883. The Morgan fingerprint density at radius 3 is 2.85 bits per heavy atom. The van der Waals surface area contributed by atoms with Gasteiger partial charge in [0.15, 0.2) is 11.5 Å². The maximum atomic E-state index is 5.98. The van der Waals surface area contributed by atoms with E-state index in [0.29, 0.717) is 6.04 Å². The molecule has 2 aliphatic heterocycles. The molecule has 0 radical (unpaired) electrons. The topological polar surface area (TPSA) is 30.5 Å². The Bertz CT molecular complexity index is 484. The summed E-state index contributed by atoms with van der Waals surface area (Å²) in [6.45, 7) is 4.79. The molecule has 3 rings (SSSR count). The minimum absolute atomic E-state index is 0.435. The zero-order valence-electron chi connectivity index (χ0n) is 12.0. The van der Waals surface area contributed by atoms with Crippen LogP contribution in [0.1, 0.15) is 49.8 Å². The number of rotatable bonds is 2. The molecule has 1 unspecified atom stereocenters. The second kappa shape index (κ2) is 6.35. The highest BCUT2D eigenvalue weighted by molar-refractivity contribution is 9.10. The first-order valence-electron chi connectivity index (χ1n) is 7.65. The van der Waals surface area contributed by atoms with E-state index in [1.165, 1.54) is 30.4 Å². The molecular weight excluding hydrogens is 318 g/mol. The van der Waals surface area contributed by atoms with E-state index in [0.717, 1.165) is 48.6 Å². The summed E-state index contributed by atoms with van der Waals surface area (Å²) in [6, 6.07) is 2.52. The van der Waals surface area contributed by atoms with E-state index in [-0.39, 0.29) is 0 Å². The molecule has 1 aromatic rings. The fourth-order valence-corrected chi connectivity index (χ4v) is 3.90. The summed E-state index contributed by atoms with van der Waals surface area (Å²) in [5.74, 6) is 1.86. The van der Waals surface area contributed by atoms with Crippen LogP contribution in [0.3, 0.4) is 0 Å². The van der Waals surface area contributed by atoms with Gasteiger partial charge in [-0.15, -0.1) is 0 Å². The van der Waals surface area contributed by atoms with Crippen molar-refractivity contribution in [2.75, 3.05) is 19.8 Å². The molecular formula is C16H22BrNO2. The molecule has 0 spiro atoms. The van der Waals surface area contributed by atoms with E-state index in [9.17, 15) is 0 Å². The van der Waals surface area contributed by atoms with Crippen molar-refractivity contribution >= 4 is 15.9 Å². The summed E-state index contributed by atoms with van der Waals surface area (Å²) in [5, 5.41) is 3.65. The number of fused-ring (bicyclic) bond motifs is 1. The number of hydrogen-bond donors (Lipinski definition) is 1. The lowest BCUT2D eigenvalue weighted by Gasteiger charge is -2.28. The lowest BCUT2D eigenvalue weighted by Crippen LogP contribution is -2.28. The number of nitrogens with one attached hydrogen (secondary N) is 1. The zero-order chi connectivity index (χ0) is 13.9. The van der Waals surface area contributed by atoms with Gasteiger partial charge in [0.2, 0.25) is 0 Å². The molecule has 0 amide bonds. The van der Waals surface area contributed by atoms with Gasteiger partial charge in [-0.1, -0.05) is 29.3 Å². The Morgan fingerprint density at radius 1 is 1.25 bits per heavy atom. The molecule has 3 nitrogen and oxygen atoms in total. The van der Waals surface area contributed by atoms with E-state index in [1.807, 2.05) is 0 Å². The molecule has 110 valence electrons. The highest BCUT2D eigenvalue weighted by atomic mass is 79.9. The second-order valence-electron chi connectivity index (χ2n) is 5.48. The Balaban J connectivity index is 2.06. The minimum atomic E-state index is 0.435. The first-order chi connectivity index (χ1) is 9.81. The van der Waals surface area contributed by atoms with Crippen LogP contribution in [0.5, 0.6) is 11.5 Å². The van der Waals surface area contributed by atoms with Crippen LogP contribution in [0.4, 0.5) is 0 Å². The van der Waals surface area contributed by atoms with Gasteiger partial charge in [-0.05, 0) is 37.4 Å². The summed E-state index contributed by atoms with van der Waals surface area (Å²) >= 11 is 3.75. The molecule has 1 aromatic carbocycles. The summed E-state index contributed by atoms with van der Waals surface area (Å²) in [7, 11) is 0. The van der Waals surface area contributed by atoms with Crippen molar-refractivity contribution in [2.45, 2.75) is 45.1 Å². The molecule has 2 aliphatic rings. The molecule has 1 fully saturated rings. The Kier molecular flexibility index (Phi) is 4.51. The Hall–Kier alpha value is -0.740. The van der Waals surface area contributed by atoms with Crippen LogP contribution in [0.15, 0.2) is 10.5 Å². The Morgan fingerprint density at radius 2 is 2.10 bits per heavy atom. The van der Waals surface area contributed by atoms with Crippen LogP contribution in [-0.2, 0) is 6.42 Å². The van der Waals surface area contributed by atoms with E-state index in [2.05, 4.69) is 34.2 Å². The Labute approximate surface area is 129 Å². The third kappa shape index (κ3) is 2.68. The van der Waals surface area contributed by atoms with Gasteiger partial charge in [0.1, 0.15) is 0 Å². The normalized spacial score (nSPS) is 22.4. The number of ether oxygens (including phenoxy) is 2. The van der Waals surface area contributed by atoms with Crippen molar-refractivity contribution in [3.8, 4) is 11.5 Å². The first kappa shape index (κ1) is 14.2. The van der Waals surface area contributed by atoms with E-state index in [4.69, 9.17) is 9.47 Å². The third-order valence-corrected chi connectivity index (χ3v) is 4.80. The molecule has 0 saturated carbocycles. The molecule has 4 heteroatoms. The van der Waals surface area contributed by atoms with Crippen molar-refractivity contribution in [1.82, 2.24) is 5.32 Å². The zero-order valence-corrected chi connectivity index (χ0v) is 13.6. The highest BCUT2D eigenvalue weighted by Crippen LogP contribution is 2.43. The van der Waals surface area contributed by atoms with Gasteiger partial charge in [0, 0.05) is 22.5 Å². The van der Waals surface area contributed by atoms with Crippen LogP contribution in [-0.4, -0.2) is 19.8 Å². The molecule has 2 heterocycles. The summed E-state index contributed by atoms with van der Waals surface area (Å²) in [6.07, 6.45) is 5.69. The average Bonchev–Trinajstić information content (AvgIpc) is 2.71. The highest BCUT2D eigenvalue weighted by Gasteiger charge is 2.26. The average molecular weight is 340 g/mol. The van der Waals surface area contributed by atoms with Crippen LogP contribution in [0.2, 0.25) is 0 Å². The maximum Gasteiger partial charge on any atom is 0.164 e. The molecule has 1 N–H and O–H groups in total. The van der Waals surface area contributed by atoms with E-state index >= 15 is 0 Å². The van der Waals surface area contributed by atoms with Gasteiger partial charge in [-0.3, -0.25) is 0 Å². The second-order valence-corrected chi connectivity index (χ2v) is 6.34. The van der Waals surface area contributed by atoms with Gasteiger partial charge in [0.05, 0.1) is 13.2 Å². The maximum absolute atomic E-state index is 5.98. The fraction of sp³-hybridized carbons (Fsp3) is 0.625. The summed E-state index contributed by atoms with van der Waals surface area (Å²) < 4.78 is 13.0. The van der Waals surface area contributed by atoms with E-state index in [1.54, 1.807) is 0 Å². The predicted octanol–water partition coefficient (Wildman–Crippen LogP) is 3.99. The predicted molar refractivity (Wildman–Crippen MR) is 83.7 cm³/mol. The molecule has 1 saturated heterocycles. The first-order valence-corrected chi connectivity index (χ1v) is 8.44. The lowest BCUT2D eigenvalue weighted by atomic mass is 9.91. The van der Waals surface area contributed by atoms with E-state index < -0.39 is 0 Å². The molecule has 1 atom stereocenters. The molecule has 0 bridgehead atoms.